The van der Waals surface area contributed by atoms with Crippen molar-refractivity contribution in [1.29, 1.82) is 0 Å². The molecule has 1 fully saturated rings. The Morgan fingerprint density at radius 2 is 1.93 bits per heavy atom. The molecule has 0 radical (unpaired) electrons. The highest BCUT2D eigenvalue weighted by atomic mass is 35.5. The van der Waals surface area contributed by atoms with E-state index in [4.69, 9.17) is 5.73 Å². The zero-order chi connectivity index (χ0) is 9.73. The van der Waals surface area contributed by atoms with Crippen molar-refractivity contribution < 1.29 is 4.79 Å². The Balaban J connectivity index is 0.00000169. The quantitative estimate of drug-likeness (QED) is 0.757. The van der Waals surface area contributed by atoms with Gasteiger partial charge in [-0.25, -0.2) is 0 Å². The van der Waals surface area contributed by atoms with Gasteiger partial charge in [0, 0.05) is 13.5 Å². The molecule has 4 heteroatoms. The smallest absolute Gasteiger partial charge is 0.220 e. The summed E-state index contributed by atoms with van der Waals surface area (Å²) in [5.74, 6) is 0.132. The molecule has 1 amide bonds. The van der Waals surface area contributed by atoms with Crippen LogP contribution in [0.2, 0.25) is 0 Å². The van der Waals surface area contributed by atoms with Crippen LogP contribution in [0.5, 0.6) is 0 Å². The number of nitrogens with one attached hydrogen (secondary N) is 1. The monoisotopic (exact) mass is 220 g/mol. The number of rotatable bonds is 3. The number of amides is 1. The van der Waals surface area contributed by atoms with Gasteiger partial charge in [0.2, 0.25) is 5.91 Å². The first kappa shape index (κ1) is 13.7. The van der Waals surface area contributed by atoms with Crippen LogP contribution in [0.4, 0.5) is 0 Å². The van der Waals surface area contributed by atoms with E-state index in [0.717, 1.165) is 12.8 Å². The van der Waals surface area contributed by atoms with Crippen LogP contribution in [0, 0.1) is 5.41 Å². The molecular weight excluding hydrogens is 200 g/mol. The molecule has 0 atom stereocenters. The number of carbonyl (C=O) groups excluding carboxylic acids is 1. The summed E-state index contributed by atoms with van der Waals surface area (Å²) in [7, 11) is 1.69. The largest absolute Gasteiger partial charge is 0.359 e. The number of halogens is 1. The summed E-state index contributed by atoms with van der Waals surface area (Å²) in [6.45, 7) is 0.653. The molecule has 3 N–H and O–H groups in total. The van der Waals surface area contributed by atoms with Gasteiger partial charge in [0.05, 0.1) is 0 Å². The first-order valence-corrected chi connectivity index (χ1v) is 5.13. The van der Waals surface area contributed by atoms with Gasteiger partial charge in [-0.2, -0.15) is 0 Å². The highest BCUT2D eigenvalue weighted by molar-refractivity contribution is 5.85. The second kappa shape index (κ2) is 6.25. The Bertz CT molecular complexity index is 179. The molecule has 1 aliphatic rings. The van der Waals surface area contributed by atoms with E-state index in [1.165, 1.54) is 19.3 Å². The van der Waals surface area contributed by atoms with Crippen molar-refractivity contribution in [3.8, 4) is 0 Å². The summed E-state index contributed by atoms with van der Waals surface area (Å²) >= 11 is 0. The Hall–Kier alpha value is -0.280. The van der Waals surface area contributed by atoms with Crippen LogP contribution in [0.1, 0.15) is 38.5 Å². The van der Waals surface area contributed by atoms with Gasteiger partial charge in [0.1, 0.15) is 0 Å². The fourth-order valence-corrected chi connectivity index (χ4v) is 2.18. The topological polar surface area (TPSA) is 55.1 Å². The van der Waals surface area contributed by atoms with E-state index in [9.17, 15) is 4.79 Å². The van der Waals surface area contributed by atoms with Crippen LogP contribution >= 0.6 is 12.4 Å². The zero-order valence-electron chi connectivity index (χ0n) is 8.84. The van der Waals surface area contributed by atoms with Gasteiger partial charge in [0.25, 0.3) is 0 Å². The molecule has 1 rings (SSSR count). The van der Waals surface area contributed by atoms with Gasteiger partial charge < -0.3 is 11.1 Å². The average molecular weight is 221 g/mol. The number of carbonyl (C=O) groups is 1. The summed E-state index contributed by atoms with van der Waals surface area (Å²) in [6, 6.07) is 0. The maximum Gasteiger partial charge on any atom is 0.220 e. The molecule has 0 saturated heterocycles. The Kier molecular flexibility index (Phi) is 6.12. The van der Waals surface area contributed by atoms with Gasteiger partial charge >= 0.3 is 0 Å². The molecule has 1 aliphatic carbocycles. The zero-order valence-corrected chi connectivity index (χ0v) is 9.66. The standard InChI is InChI=1S/C10H20N2O.ClH/c1-12-9(13)7-10(8-11)5-3-2-4-6-10;/h2-8,11H2,1H3,(H,12,13);1H. The summed E-state index contributed by atoms with van der Waals surface area (Å²) in [5.41, 5.74) is 5.87. The highest BCUT2D eigenvalue weighted by Crippen LogP contribution is 2.38. The van der Waals surface area contributed by atoms with E-state index in [-0.39, 0.29) is 23.7 Å². The summed E-state index contributed by atoms with van der Waals surface area (Å²) in [4.78, 5) is 11.3. The lowest BCUT2D eigenvalue weighted by atomic mass is 9.72. The second-order valence-electron chi connectivity index (χ2n) is 4.11. The normalized spacial score (nSPS) is 19.6. The third kappa shape index (κ3) is 3.46. The second-order valence-corrected chi connectivity index (χ2v) is 4.11. The molecule has 84 valence electrons. The van der Waals surface area contributed by atoms with E-state index in [1.54, 1.807) is 7.05 Å². The number of hydrogen-bond donors (Lipinski definition) is 2. The van der Waals surface area contributed by atoms with Crippen LogP contribution in [0.15, 0.2) is 0 Å². The molecule has 0 bridgehead atoms. The first-order valence-electron chi connectivity index (χ1n) is 5.13. The van der Waals surface area contributed by atoms with E-state index in [1.807, 2.05) is 0 Å². The third-order valence-electron chi connectivity index (χ3n) is 3.16. The summed E-state index contributed by atoms with van der Waals surface area (Å²) in [5, 5.41) is 2.68. The van der Waals surface area contributed by atoms with Crippen molar-refractivity contribution in [2.24, 2.45) is 11.1 Å². The Labute approximate surface area is 92.2 Å². The molecule has 0 heterocycles. The lowest BCUT2D eigenvalue weighted by Gasteiger charge is -2.35. The fraction of sp³-hybridized carbons (Fsp3) is 0.900. The lowest BCUT2D eigenvalue weighted by molar-refractivity contribution is -0.123. The van der Waals surface area contributed by atoms with Crippen molar-refractivity contribution in [3.63, 3.8) is 0 Å². The minimum absolute atomic E-state index is 0. The number of hydrogen-bond acceptors (Lipinski definition) is 2. The molecule has 3 nitrogen and oxygen atoms in total. The van der Waals surface area contributed by atoms with Crippen LogP contribution in [0.25, 0.3) is 0 Å². The van der Waals surface area contributed by atoms with Crippen molar-refractivity contribution in [3.05, 3.63) is 0 Å². The van der Waals surface area contributed by atoms with Crippen LogP contribution in [-0.4, -0.2) is 19.5 Å². The predicted octanol–water partition coefficient (Wildman–Crippen LogP) is 1.45. The lowest BCUT2D eigenvalue weighted by Crippen LogP contribution is -2.37. The van der Waals surface area contributed by atoms with Crippen LogP contribution in [-0.2, 0) is 4.79 Å². The SMILES string of the molecule is CNC(=O)CC1(CN)CCCCC1.Cl. The molecule has 0 aliphatic heterocycles. The van der Waals surface area contributed by atoms with Crippen LogP contribution in [0.3, 0.4) is 0 Å². The van der Waals surface area contributed by atoms with Crippen molar-refractivity contribution in [2.45, 2.75) is 38.5 Å². The van der Waals surface area contributed by atoms with Gasteiger partial charge in [-0.3, -0.25) is 4.79 Å². The molecule has 0 aromatic carbocycles. The summed E-state index contributed by atoms with van der Waals surface area (Å²) < 4.78 is 0. The molecular formula is C10H21ClN2O. The van der Waals surface area contributed by atoms with E-state index < -0.39 is 0 Å². The molecule has 0 aromatic heterocycles. The third-order valence-corrected chi connectivity index (χ3v) is 3.16. The molecule has 0 aromatic rings. The minimum Gasteiger partial charge on any atom is -0.359 e. The van der Waals surface area contributed by atoms with Gasteiger partial charge in [-0.05, 0) is 24.8 Å². The predicted molar refractivity (Wildman–Crippen MR) is 60.5 cm³/mol. The van der Waals surface area contributed by atoms with Crippen molar-refractivity contribution in [1.82, 2.24) is 5.32 Å². The minimum atomic E-state index is 0. The Morgan fingerprint density at radius 3 is 2.36 bits per heavy atom. The van der Waals surface area contributed by atoms with Gasteiger partial charge in [-0.15, -0.1) is 12.4 Å². The van der Waals surface area contributed by atoms with Gasteiger partial charge in [-0.1, -0.05) is 19.3 Å². The molecule has 0 unspecified atom stereocenters. The molecule has 0 spiro atoms. The van der Waals surface area contributed by atoms with Crippen molar-refractivity contribution in [2.75, 3.05) is 13.6 Å². The highest BCUT2D eigenvalue weighted by Gasteiger charge is 2.32. The summed E-state index contributed by atoms with van der Waals surface area (Å²) in [6.07, 6.45) is 6.62. The van der Waals surface area contributed by atoms with Crippen molar-refractivity contribution >= 4 is 18.3 Å². The molecule has 14 heavy (non-hydrogen) atoms. The van der Waals surface area contributed by atoms with E-state index in [2.05, 4.69) is 5.32 Å². The fourth-order valence-electron chi connectivity index (χ4n) is 2.18. The van der Waals surface area contributed by atoms with E-state index in [0.29, 0.717) is 13.0 Å². The number of nitrogens with two attached hydrogens (primary N) is 1. The molecule has 1 saturated carbocycles. The maximum atomic E-state index is 11.3. The first-order chi connectivity index (χ1) is 6.22. The van der Waals surface area contributed by atoms with Crippen LogP contribution < -0.4 is 11.1 Å². The average Bonchev–Trinajstić information content (AvgIpc) is 2.19. The van der Waals surface area contributed by atoms with E-state index >= 15 is 0 Å². The maximum absolute atomic E-state index is 11.3. The Morgan fingerprint density at radius 1 is 1.36 bits per heavy atom. The van der Waals surface area contributed by atoms with Gasteiger partial charge in [0.15, 0.2) is 0 Å².